The van der Waals surface area contributed by atoms with Crippen LogP contribution >= 0.6 is 0 Å². The summed E-state index contributed by atoms with van der Waals surface area (Å²) in [5.41, 5.74) is 0.477. The monoisotopic (exact) mass is 291 g/mol. The fourth-order valence-electron chi connectivity index (χ4n) is 2.11. The van der Waals surface area contributed by atoms with Crippen molar-refractivity contribution >= 4 is 22.8 Å². The van der Waals surface area contributed by atoms with Crippen LogP contribution in [0.1, 0.15) is 34.6 Å². The number of aliphatic carboxylic acids is 1. The van der Waals surface area contributed by atoms with Crippen molar-refractivity contribution in [1.82, 2.24) is 19.7 Å². The highest BCUT2D eigenvalue weighted by atomic mass is 16.4. The largest absolute Gasteiger partial charge is 0.480 e. The van der Waals surface area contributed by atoms with Gasteiger partial charge in [-0.1, -0.05) is 13.8 Å². The normalized spacial score (nSPS) is 13.6. The van der Waals surface area contributed by atoms with E-state index in [-0.39, 0.29) is 11.5 Å². The summed E-state index contributed by atoms with van der Waals surface area (Å²) in [6.45, 7) is 9.79. The van der Waals surface area contributed by atoms with Crippen molar-refractivity contribution < 1.29 is 9.90 Å². The van der Waals surface area contributed by atoms with Gasteiger partial charge >= 0.3 is 5.97 Å². The lowest BCUT2D eigenvalue weighted by Crippen LogP contribution is -2.34. The number of hydrogen-bond acceptors (Lipinski definition) is 5. The molecular formula is C14H21N5O2. The SMILES string of the molecule is CC(C)[C@@H](Nc1ncnc2c1cnn2C(C)(C)C)C(=O)O. The zero-order chi connectivity index (χ0) is 15.8. The van der Waals surface area contributed by atoms with Crippen LogP contribution in [0.3, 0.4) is 0 Å². The predicted molar refractivity (Wildman–Crippen MR) is 80.2 cm³/mol. The van der Waals surface area contributed by atoms with Gasteiger partial charge in [-0.15, -0.1) is 0 Å². The van der Waals surface area contributed by atoms with E-state index in [0.717, 1.165) is 5.39 Å². The summed E-state index contributed by atoms with van der Waals surface area (Å²) in [6.07, 6.45) is 3.09. The molecule has 0 saturated carbocycles. The van der Waals surface area contributed by atoms with Gasteiger partial charge in [-0.25, -0.2) is 19.4 Å². The van der Waals surface area contributed by atoms with Gasteiger partial charge in [-0.3, -0.25) is 0 Å². The molecule has 1 atom stereocenters. The maximum Gasteiger partial charge on any atom is 0.326 e. The number of aromatic nitrogens is 4. The van der Waals surface area contributed by atoms with Crippen LogP contribution in [0, 0.1) is 5.92 Å². The molecule has 7 nitrogen and oxygen atoms in total. The standard InChI is InChI=1S/C14H21N5O2/c1-8(2)10(13(20)21)18-11-9-6-17-19(14(3,4)5)12(9)16-7-15-11/h6-8,10H,1-5H3,(H,20,21)(H,15,16,18)/t10-/m1/s1. The van der Waals surface area contributed by atoms with Gasteiger partial charge in [0, 0.05) is 0 Å². The number of carboxylic acids is 1. The Morgan fingerprint density at radius 1 is 1.33 bits per heavy atom. The van der Waals surface area contributed by atoms with Crippen molar-refractivity contribution in [2.45, 2.75) is 46.2 Å². The molecular weight excluding hydrogens is 270 g/mol. The maximum absolute atomic E-state index is 11.3. The molecule has 21 heavy (non-hydrogen) atoms. The van der Waals surface area contributed by atoms with E-state index in [4.69, 9.17) is 0 Å². The first-order valence-corrected chi connectivity index (χ1v) is 6.90. The number of nitrogens with zero attached hydrogens (tertiary/aromatic N) is 4. The lowest BCUT2D eigenvalue weighted by molar-refractivity contribution is -0.138. The molecule has 0 saturated heterocycles. The van der Waals surface area contributed by atoms with Gasteiger partial charge < -0.3 is 10.4 Å². The van der Waals surface area contributed by atoms with Crippen LogP contribution in [-0.4, -0.2) is 36.9 Å². The predicted octanol–water partition coefficient (Wildman–Crippen LogP) is 2.10. The third kappa shape index (κ3) is 2.96. The molecule has 0 radical (unpaired) electrons. The van der Waals surface area contributed by atoms with Crippen LogP contribution in [0.4, 0.5) is 5.82 Å². The highest BCUT2D eigenvalue weighted by molar-refractivity contribution is 5.88. The number of fused-ring (bicyclic) bond motifs is 1. The van der Waals surface area contributed by atoms with E-state index in [0.29, 0.717) is 11.5 Å². The topological polar surface area (TPSA) is 92.9 Å². The molecule has 0 aromatic carbocycles. The first kappa shape index (κ1) is 15.2. The lowest BCUT2D eigenvalue weighted by Gasteiger charge is -2.20. The number of anilines is 1. The van der Waals surface area contributed by atoms with Crippen LogP contribution in [0.2, 0.25) is 0 Å². The molecule has 2 aromatic rings. The van der Waals surface area contributed by atoms with E-state index in [1.165, 1.54) is 6.33 Å². The summed E-state index contributed by atoms with van der Waals surface area (Å²) in [4.78, 5) is 19.8. The second kappa shape index (κ2) is 5.31. The lowest BCUT2D eigenvalue weighted by atomic mass is 10.0. The molecule has 0 fully saturated rings. The van der Waals surface area contributed by atoms with Gasteiger partial charge in [-0.2, -0.15) is 5.10 Å². The molecule has 2 aromatic heterocycles. The minimum absolute atomic E-state index is 0.0647. The summed E-state index contributed by atoms with van der Waals surface area (Å²) in [5.74, 6) is -0.471. The average Bonchev–Trinajstić information content (AvgIpc) is 2.79. The smallest absolute Gasteiger partial charge is 0.326 e. The zero-order valence-corrected chi connectivity index (χ0v) is 13.0. The highest BCUT2D eigenvalue weighted by Gasteiger charge is 2.24. The highest BCUT2D eigenvalue weighted by Crippen LogP contribution is 2.25. The Hall–Kier alpha value is -2.18. The van der Waals surface area contributed by atoms with Crippen LogP contribution in [0.5, 0.6) is 0 Å². The van der Waals surface area contributed by atoms with E-state index in [2.05, 4.69) is 20.4 Å². The van der Waals surface area contributed by atoms with Gasteiger partial charge in [0.2, 0.25) is 0 Å². The quantitative estimate of drug-likeness (QED) is 0.896. The van der Waals surface area contributed by atoms with Gasteiger partial charge in [-0.05, 0) is 26.7 Å². The van der Waals surface area contributed by atoms with E-state index < -0.39 is 12.0 Å². The summed E-state index contributed by atoms with van der Waals surface area (Å²) in [7, 11) is 0. The number of nitrogens with one attached hydrogen (secondary N) is 1. The van der Waals surface area contributed by atoms with Gasteiger partial charge in [0.1, 0.15) is 18.2 Å². The Labute approximate surface area is 123 Å². The molecule has 0 bridgehead atoms. The van der Waals surface area contributed by atoms with Crippen molar-refractivity contribution in [3.63, 3.8) is 0 Å². The summed E-state index contributed by atoms with van der Waals surface area (Å²) >= 11 is 0. The van der Waals surface area contributed by atoms with Crippen LogP contribution in [0.25, 0.3) is 11.0 Å². The fraction of sp³-hybridized carbons (Fsp3) is 0.571. The number of carboxylic acid groups (broad SMARTS) is 1. The molecule has 0 aliphatic rings. The second-order valence-corrected chi connectivity index (χ2v) is 6.39. The molecule has 2 heterocycles. The number of rotatable bonds is 4. The average molecular weight is 291 g/mol. The number of carbonyl (C=O) groups is 1. The minimum Gasteiger partial charge on any atom is -0.480 e. The van der Waals surface area contributed by atoms with Gasteiger partial charge in [0.25, 0.3) is 0 Å². The minimum atomic E-state index is -0.903. The molecule has 7 heteroatoms. The van der Waals surface area contributed by atoms with E-state index in [9.17, 15) is 9.90 Å². The summed E-state index contributed by atoms with van der Waals surface area (Å²) in [5, 5.41) is 17.3. The molecule has 2 rings (SSSR count). The molecule has 0 aliphatic heterocycles. The number of hydrogen-bond donors (Lipinski definition) is 2. The van der Waals surface area contributed by atoms with Crippen molar-refractivity contribution in [1.29, 1.82) is 0 Å². The first-order valence-electron chi connectivity index (χ1n) is 6.90. The molecule has 0 aliphatic carbocycles. The molecule has 0 unspecified atom stereocenters. The zero-order valence-electron chi connectivity index (χ0n) is 13.0. The van der Waals surface area contributed by atoms with Crippen molar-refractivity contribution in [2.24, 2.45) is 5.92 Å². The molecule has 0 spiro atoms. The summed E-state index contributed by atoms with van der Waals surface area (Å²) < 4.78 is 1.81. The second-order valence-electron chi connectivity index (χ2n) is 6.39. The fourth-order valence-corrected chi connectivity index (χ4v) is 2.11. The Morgan fingerprint density at radius 3 is 2.52 bits per heavy atom. The Kier molecular flexibility index (Phi) is 3.85. The van der Waals surface area contributed by atoms with Crippen LogP contribution in [0.15, 0.2) is 12.5 Å². The van der Waals surface area contributed by atoms with Crippen molar-refractivity contribution in [3.8, 4) is 0 Å². The van der Waals surface area contributed by atoms with E-state index >= 15 is 0 Å². The van der Waals surface area contributed by atoms with Crippen molar-refractivity contribution in [3.05, 3.63) is 12.5 Å². The van der Waals surface area contributed by atoms with Crippen molar-refractivity contribution in [2.75, 3.05) is 5.32 Å². The maximum atomic E-state index is 11.3. The summed E-state index contributed by atoms with van der Waals surface area (Å²) in [6, 6.07) is -0.707. The molecule has 0 amide bonds. The Balaban J connectivity index is 2.47. The van der Waals surface area contributed by atoms with E-state index in [1.807, 2.05) is 34.6 Å². The molecule has 2 N–H and O–H groups in total. The van der Waals surface area contributed by atoms with Gasteiger partial charge in [0.15, 0.2) is 5.65 Å². The van der Waals surface area contributed by atoms with E-state index in [1.54, 1.807) is 10.9 Å². The first-order chi connectivity index (χ1) is 9.71. The Bertz CT molecular complexity index is 657. The third-order valence-corrected chi connectivity index (χ3v) is 3.23. The third-order valence-electron chi connectivity index (χ3n) is 3.23. The van der Waals surface area contributed by atoms with Crippen LogP contribution < -0.4 is 5.32 Å². The van der Waals surface area contributed by atoms with Gasteiger partial charge in [0.05, 0.1) is 17.1 Å². The van der Waals surface area contributed by atoms with Crippen LogP contribution in [-0.2, 0) is 10.3 Å². The molecule has 114 valence electrons. The Morgan fingerprint density at radius 2 is 2.00 bits per heavy atom.